The molecule has 0 saturated heterocycles. The van der Waals surface area contributed by atoms with E-state index in [1.54, 1.807) is 11.7 Å². The van der Waals surface area contributed by atoms with Crippen molar-refractivity contribution in [3.63, 3.8) is 0 Å². The van der Waals surface area contributed by atoms with E-state index in [2.05, 4.69) is 26.3 Å². The molecule has 15 heavy (non-hydrogen) atoms. The van der Waals surface area contributed by atoms with Crippen molar-refractivity contribution in [2.45, 2.75) is 25.0 Å². The Morgan fingerprint density at radius 1 is 1.73 bits per heavy atom. The fourth-order valence-corrected chi connectivity index (χ4v) is 1.92. The Morgan fingerprint density at radius 3 is 2.87 bits per heavy atom. The van der Waals surface area contributed by atoms with Crippen LogP contribution in [0.3, 0.4) is 0 Å². The van der Waals surface area contributed by atoms with Crippen molar-refractivity contribution < 1.29 is 9.90 Å². The van der Waals surface area contributed by atoms with Gasteiger partial charge in [-0.05, 0) is 28.8 Å². The van der Waals surface area contributed by atoms with Crippen LogP contribution in [-0.4, -0.2) is 32.9 Å². The average molecular weight is 274 g/mol. The molecule has 1 aliphatic carbocycles. The smallest absolute Gasteiger partial charge is 0.255 e. The summed E-state index contributed by atoms with van der Waals surface area (Å²) in [6.07, 6.45) is 2.55. The molecular formula is C9H12BrN3O2. The van der Waals surface area contributed by atoms with Gasteiger partial charge in [0.2, 0.25) is 0 Å². The maximum atomic E-state index is 11.7. The monoisotopic (exact) mass is 273 g/mol. The van der Waals surface area contributed by atoms with Crippen molar-refractivity contribution in [1.29, 1.82) is 0 Å². The zero-order valence-electron chi connectivity index (χ0n) is 8.27. The molecule has 0 spiro atoms. The molecule has 0 bridgehead atoms. The Morgan fingerprint density at radius 2 is 2.40 bits per heavy atom. The van der Waals surface area contributed by atoms with E-state index >= 15 is 0 Å². The predicted octanol–water partition coefficient (Wildman–Crippen LogP) is 0.436. The number of aliphatic hydroxyl groups is 1. The number of hydrogen-bond acceptors (Lipinski definition) is 3. The van der Waals surface area contributed by atoms with Crippen LogP contribution in [-0.2, 0) is 7.05 Å². The van der Waals surface area contributed by atoms with Crippen molar-refractivity contribution in [3.8, 4) is 0 Å². The zero-order valence-corrected chi connectivity index (χ0v) is 9.86. The molecule has 82 valence electrons. The van der Waals surface area contributed by atoms with E-state index in [9.17, 15) is 4.79 Å². The molecule has 6 heteroatoms. The molecule has 1 heterocycles. The first-order valence-electron chi connectivity index (χ1n) is 4.74. The Balaban J connectivity index is 1.99. The Hall–Kier alpha value is -0.880. The van der Waals surface area contributed by atoms with E-state index in [0.717, 1.165) is 0 Å². The minimum absolute atomic E-state index is 0.0969. The molecular weight excluding hydrogens is 262 g/mol. The van der Waals surface area contributed by atoms with Gasteiger partial charge in [0, 0.05) is 13.1 Å². The number of halogens is 1. The number of carbonyl (C=O) groups excluding carboxylic acids is 1. The lowest BCUT2D eigenvalue weighted by Gasteiger charge is -2.31. The summed E-state index contributed by atoms with van der Waals surface area (Å²) < 4.78 is 2.25. The van der Waals surface area contributed by atoms with Crippen molar-refractivity contribution in [3.05, 3.63) is 16.4 Å². The van der Waals surface area contributed by atoms with Gasteiger partial charge in [0.1, 0.15) is 4.60 Å². The zero-order chi connectivity index (χ0) is 11.0. The predicted molar refractivity (Wildman–Crippen MR) is 57.4 cm³/mol. The second-order valence-electron chi connectivity index (χ2n) is 3.77. The number of nitrogens with one attached hydrogen (secondary N) is 1. The second-order valence-corrected chi connectivity index (χ2v) is 4.52. The van der Waals surface area contributed by atoms with Crippen LogP contribution in [0.4, 0.5) is 0 Å². The third kappa shape index (κ3) is 2.05. The van der Waals surface area contributed by atoms with Crippen LogP contribution >= 0.6 is 15.9 Å². The topological polar surface area (TPSA) is 67.2 Å². The van der Waals surface area contributed by atoms with E-state index in [1.165, 1.54) is 6.20 Å². The van der Waals surface area contributed by atoms with Gasteiger partial charge < -0.3 is 10.4 Å². The van der Waals surface area contributed by atoms with E-state index in [0.29, 0.717) is 23.0 Å². The normalized spacial score (nSPS) is 24.7. The molecule has 0 radical (unpaired) electrons. The summed E-state index contributed by atoms with van der Waals surface area (Å²) in [6.45, 7) is 0. The van der Waals surface area contributed by atoms with Crippen LogP contribution in [0.15, 0.2) is 10.8 Å². The van der Waals surface area contributed by atoms with Crippen LogP contribution in [0.5, 0.6) is 0 Å². The summed E-state index contributed by atoms with van der Waals surface area (Å²) in [5.74, 6) is -0.146. The number of carbonyl (C=O) groups is 1. The fraction of sp³-hybridized carbons (Fsp3) is 0.556. The molecule has 0 aliphatic heterocycles. The number of aromatic nitrogens is 2. The van der Waals surface area contributed by atoms with E-state index in [4.69, 9.17) is 5.11 Å². The second kappa shape index (κ2) is 3.94. The lowest BCUT2D eigenvalue weighted by molar-refractivity contribution is 0.0562. The van der Waals surface area contributed by atoms with Gasteiger partial charge in [0.05, 0.1) is 17.9 Å². The first kappa shape index (κ1) is 10.6. The highest BCUT2D eigenvalue weighted by Crippen LogP contribution is 2.21. The molecule has 2 N–H and O–H groups in total. The number of amides is 1. The molecule has 0 aromatic carbocycles. The number of nitrogens with zero attached hydrogens (tertiary/aromatic N) is 2. The summed E-state index contributed by atoms with van der Waals surface area (Å²) in [4.78, 5) is 11.7. The van der Waals surface area contributed by atoms with Crippen LogP contribution in [0, 0.1) is 0 Å². The van der Waals surface area contributed by atoms with Gasteiger partial charge >= 0.3 is 0 Å². The lowest BCUT2D eigenvalue weighted by atomic mass is 9.89. The van der Waals surface area contributed by atoms with Crippen molar-refractivity contribution in [2.75, 3.05) is 0 Å². The minimum atomic E-state index is -0.257. The quantitative estimate of drug-likeness (QED) is 0.822. The van der Waals surface area contributed by atoms with E-state index in [-0.39, 0.29) is 18.1 Å². The Labute approximate surface area is 95.6 Å². The number of rotatable bonds is 2. The molecule has 1 amide bonds. The lowest BCUT2D eigenvalue weighted by Crippen LogP contribution is -2.46. The van der Waals surface area contributed by atoms with Crippen LogP contribution in [0.1, 0.15) is 23.2 Å². The first-order chi connectivity index (χ1) is 7.08. The van der Waals surface area contributed by atoms with Crippen molar-refractivity contribution in [1.82, 2.24) is 15.1 Å². The summed E-state index contributed by atoms with van der Waals surface area (Å²) in [5, 5.41) is 15.9. The molecule has 1 aromatic rings. The molecule has 1 aromatic heterocycles. The van der Waals surface area contributed by atoms with Crippen molar-refractivity contribution >= 4 is 21.8 Å². The van der Waals surface area contributed by atoms with E-state index < -0.39 is 0 Å². The molecule has 0 unspecified atom stereocenters. The molecule has 1 aliphatic rings. The van der Waals surface area contributed by atoms with Gasteiger partial charge in [-0.1, -0.05) is 0 Å². The minimum Gasteiger partial charge on any atom is -0.393 e. The SMILES string of the molecule is Cn1ncc(C(=O)NC2CC(O)C2)c1Br. The van der Waals surface area contributed by atoms with Gasteiger partial charge in [-0.2, -0.15) is 5.10 Å². The summed E-state index contributed by atoms with van der Waals surface area (Å²) in [7, 11) is 1.76. The average Bonchev–Trinajstić information content (AvgIpc) is 2.45. The largest absolute Gasteiger partial charge is 0.393 e. The third-order valence-corrected chi connectivity index (χ3v) is 3.50. The standard InChI is InChI=1S/C9H12BrN3O2/c1-13-8(10)7(4-11-13)9(15)12-5-2-6(14)3-5/h4-6,14H,2-3H2,1H3,(H,12,15). The maximum Gasteiger partial charge on any atom is 0.255 e. The summed E-state index contributed by atoms with van der Waals surface area (Å²) >= 11 is 3.28. The summed E-state index contributed by atoms with van der Waals surface area (Å²) in [6, 6.07) is 0.0969. The molecule has 2 rings (SSSR count). The highest BCUT2D eigenvalue weighted by atomic mass is 79.9. The van der Waals surface area contributed by atoms with Crippen LogP contribution < -0.4 is 5.32 Å². The Kier molecular flexibility index (Phi) is 2.79. The molecule has 1 fully saturated rings. The summed E-state index contributed by atoms with van der Waals surface area (Å²) in [5.41, 5.74) is 0.527. The fourth-order valence-electron chi connectivity index (χ4n) is 1.54. The van der Waals surface area contributed by atoms with E-state index in [1.807, 2.05) is 0 Å². The first-order valence-corrected chi connectivity index (χ1v) is 5.53. The van der Waals surface area contributed by atoms with Gasteiger partial charge in [-0.3, -0.25) is 9.48 Å². The van der Waals surface area contributed by atoms with Crippen molar-refractivity contribution in [2.24, 2.45) is 7.05 Å². The van der Waals surface area contributed by atoms with Gasteiger partial charge in [0.15, 0.2) is 0 Å². The molecule has 1 saturated carbocycles. The molecule has 5 nitrogen and oxygen atoms in total. The number of hydrogen-bond donors (Lipinski definition) is 2. The van der Waals surface area contributed by atoms with Gasteiger partial charge in [-0.15, -0.1) is 0 Å². The third-order valence-electron chi connectivity index (χ3n) is 2.56. The van der Waals surface area contributed by atoms with Crippen LogP contribution in [0.2, 0.25) is 0 Å². The van der Waals surface area contributed by atoms with Gasteiger partial charge in [-0.25, -0.2) is 0 Å². The highest BCUT2D eigenvalue weighted by Gasteiger charge is 2.29. The number of aliphatic hydroxyl groups excluding tert-OH is 1. The maximum absolute atomic E-state index is 11.7. The van der Waals surface area contributed by atoms with Gasteiger partial charge in [0.25, 0.3) is 5.91 Å². The highest BCUT2D eigenvalue weighted by molar-refractivity contribution is 9.10. The number of aryl methyl sites for hydroxylation is 1. The Bertz CT molecular complexity index is 385. The van der Waals surface area contributed by atoms with Crippen LogP contribution in [0.25, 0.3) is 0 Å². The molecule has 0 atom stereocenters.